The van der Waals surface area contributed by atoms with Gasteiger partial charge in [-0.05, 0) is 54.6 Å². The average Bonchev–Trinajstić information content (AvgIpc) is 2.75. The highest BCUT2D eigenvalue weighted by Crippen LogP contribution is 2.24. The molecule has 10 heteroatoms. The maximum Gasteiger partial charge on any atom is 0.266 e. The zero-order valence-electron chi connectivity index (χ0n) is 16.1. The van der Waals surface area contributed by atoms with E-state index in [4.69, 9.17) is 23.2 Å². The largest absolute Gasteiger partial charge is 0.323 e. The molecule has 0 spiro atoms. The second-order valence-electron chi connectivity index (χ2n) is 6.63. The Morgan fingerprint density at radius 2 is 1.72 bits per heavy atom. The van der Waals surface area contributed by atoms with E-state index >= 15 is 0 Å². The van der Waals surface area contributed by atoms with Crippen LogP contribution in [0, 0.1) is 11.6 Å². The third kappa shape index (κ3) is 4.77. The maximum absolute atomic E-state index is 13.8. The van der Waals surface area contributed by atoms with E-state index in [9.17, 15) is 18.4 Å². The summed E-state index contributed by atoms with van der Waals surface area (Å²) in [6.45, 7) is 0. The molecule has 0 aliphatic carbocycles. The second-order valence-corrected chi connectivity index (χ2v) is 8.45. The van der Waals surface area contributed by atoms with Crippen molar-refractivity contribution in [1.82, 2.24) is 9.55 Å². The summed E-state index contributed by atoms with van der Waals surface area (Å²) in [5, 5.41) is 3.79. The van der Waals surface area contributed by atoms with Gasteiger partial charge in [-0.2, -0.15) is 0 Å². The third-order valence-corrected chi connectivity index (χ3v) is 5.85. The van der Waals surface area contributed by atoms with Gasteiger partial charge in [0.2, 0.25) is 5.91 Å². The topological polar surface area (TPSA) is 64.0 Å². The van der Waals surface area contributed by atoms with Gasteiger partial charge in [0.05, 0.1) is 28.0 Å². The minimum atomic E-state index is -0.763. The molecule has 0 unspecified atom stereocenters. The SMILES string of the molecule is O=C(CSc1nc2cc(Cl)ccc2c(=O)n1-c1ccc(Cl)cc1)Nc1cc(F)ccc1F. The molecular weight excluding hydrogens is 479 g/mol. The molecule has 3 aromatic carbocycles. The standard InChI is InChI=1S/C22H13Cl2F2N3O2S/c23-12-1-5-15(6-2-12)29-21(31)16-7-3-13(24)9-18(16)28-22(29)32-11-20(30)27-19-10-14(25)4-8-17(19)26/h1-10H,11H2,(H,27,30). The predicted octanol–water partition coefficient (Wildman–Crippen LogP) is 5.70. The first-order valence-corrected chi connectivity index (χ1v) is 10.9. The summed E-state index contributed by atoms with van der Waals surface area (Å²) in [7, 11) is 0. The van der Waals surface area contributed by atoms with Crippen molar-refractivity contribution in [3.63, 3.8) is 0 Å². The molecule has 1 amide bonds. The zero-order chi connectivity index (χ0) is 22.8. The lowest BCUT2D eigenvalue weighted by atomic mass is 10.2. The molecule has 162 valence electrons. The van der Waals surface area contributed by atoms with Crippen LogP contribution in [0.3, 0.4) is 0 Å². The summed E-state index contributed by atoms with van der Waals surface area (Å²) in [5.74, 6) is -2.25. The Morgan fingerprint density at radius 3 is 2.47 bits per heavy atom. The first kappa shape index (κ1) is 22.3. The molecule has 0 saturated carbocycles. The Labute approximate surface area is 195 Å². The molecule has 0 atom stereocenters. The minimum absolute atomic E-state index is 0.206. The normalized spacial score (nSPS) is 11.0. The van der Waals surface area contributed by atoms with Gasteiger partial charge in [0.15, 0.2) is 5.16 Å². The van der Waals surface area contributed by atoms with Crippen LogP contribution in [-0.2, 0) is 4.79 Å². The summed E-state index contributed by atoms with van der Waals surface area (Å²) in [6.07, 6.45) is 0. The molecule has 0 radical (unpaired) electrons. The fourth-order valence-corrected chi connectivity index (χ4v) is 4.07. The van der Waals surface area contributed by atoms with Crippen LogP contribution in [0.4, 0.5) is 14.5 Å². The molecule has 0 aliphatic rings. The fraction of sp³-hybridized carbons (Fsp3) is 0.0455. The van der Waals surface area contributed by atoms with Crippen molar-refractivity contribution in [2.45, 2.75) is 5.16 Å². The number of thioether (sulfide) groups is 1. The molecule has 32 heavy (non-hydrogen) atoms. The lowest BCUT2D eigenvalue weighted by Gasteiger charge is -2.13. The highest BCUT2D eigenvalue weighted by atomic mass is 35.5. The molecule has 0 saturated heterocycles. The molecule has 4 aromatic rings. The van der Waals surface area contributed by atoms with Crippen LogP contribution >= 0.6 is 35.0 Å². The van der Waals surface area contributed by atoms with Crippen molar-refractivity contribution in [3.05, 3.63) is 92.7 Å². The van der Waals surface area contributed by atoms with Gasteiger partial charge >= 0.3 is 0 Å². The first-order chi connectivity index (χ1) is 15.3. The van der Waals surface area contributed by atoms with E-state index < -0.39 is 17.5 Å². The van der Waals surface area contributed by atoms with Crippen molar-refractivity contribution in [3.8, 4) is 5.69 Å². The number of hydrogen-bond acceptors (Lipinski definition) is 4. The lowest BCUT2D eigenvalue weighted by Crippen LogP contribution is -2.23. The Hall–Kier alpha value is -2.94. The number of amides is 1. The number of anilines is 1. The van der Waals surface area contributed by atoms with Gasteiger partial charge in [0.1, 0.15) is 11.6 Å². The quantitative estimate of drug-likeness (QED) is 0.287. The lowest BCUT2D eigenvalue weighted by molar-refractivity contribution is -0.113. The van der Waals surface area contributed by atoms with Crippen LogP contribution in [0.25, 0.3) is 16.6 Å². The highest BCUT2D eigenvalue weighted by Gasteiger charge is 2.16. The van der Waals surface area contributed by atoms with Crippen molar-refractivity contribution in [2.24, 2.45) is 0 Å². The van der Waals surface area contributed by atoms with Gasteiger partial charge < -0.3 is 5.32 Å². The Balaban J connectivity index is 1.69. The molecule has 0 fully saturated rings. The number of rotatable bonds is 5. The van der Waals surface area contributed by atoms with Crippen molar-refractivity contribution >= 4 is 57.5 Å². The second kappa shape index (κ2) is 9.28. The van der Waals surface area contributed by atoms with E-state index in [1.165, 1.54) is 4.57 Å². The number of nitrogens with zero attached hydrogens (tertiary/aromatic N) is 2. The van der Waals surface area contributed by atoms with Crippen molar-refractivity contribution in [1.29, 1.82) is 0 Å². The zero-order valence-corrected chi connectivity index (χ0v) is 18.4. The predicted molar refractivity (Wildman–Crippen MR) is 123 cm³/mol. The highest BCUT2D eigenvalue weighted by molar-refractivity contribution is 7.99. The van der Waals surface area contributed by atoms with E-state index in [0.717, 1.165) is 30.0 Å². The van der Waals surface area contributed by atoms with E-state index in [1.54, 1.807) is 42.5 Å². The number of aromatic nitrogens is 2. The van der Waals surface area contributed by atoms with Crippen molar-refractivity contribution in [2.75, 3.05) is 11.1 Å². The van der Waals surface area contributed by atoms with E-state index in [2.05, 4.69) is 10.3 Å². The van der Waals surface area contributed by atoms with Crippen LogP contribution in [-0.4, -0.2) is 21.2 Å². The first-order valence-electron chi connectivity index (χ1n) is 9.18. The number of hydrogen-bond donors (Lipinski definition) is 1. The van der Waals surface area contributed by atoms with Gasteiger partial charge in [-0.25, -0.2) is 13.8 Å². The number of benzene rings is 3. The summed E-state index contributed by atoms with van der Waals surface area (Å²) in [4.78, 5) is 30.1. The fourth-order valence-electron chi connectivity index (χ4n) is 2.96. The molecule has 5 nitrogen and oxygen atoms in total. The van der Waals surface area contributed by atoms with Crippen LogP contribution in [0.5, 0.6) is 0 Å². The van der Waals surface area contributed by atoms with Crippen molar-refractivity contribution < 1.29 is 13.6 Å². The molecule has 0 aliphatic heterocycles. The Bertz CT molecular complexity index is 1390. The Morgan fingerprint density at radius 1 is 1.00 bits per heavy atom. The number of fused-ring (bicyclic) bond motifs is 1. The summed E-state index contributed by atoms with van der Waals surface area (Å²) in [5.41, 5.74) is 0.242. The van der Waals surface area contributed by atoms with Gasteiger partial charge in [-0.15, -0.1) is 0 Å². The smallest absolute Gasteiger partial charge is 0.266 e. The maximum atomic E-state index is 13.8. The molecule has 1 aromatic heterocycles. The molecule has 0 bridgehead atoms. The number of halogens is 4. The van der Waals surface area contributed by atoms with Gasteiger partial charge in [0, 0.05) is 16.1 Å². The number of carbonyl (C=O) groups excluding carboxylic acids is 1. The molecular formula is C22H13Cl2F2N3O2S. The van der Waals surface area contributed by atoms with Crippen LogP contribution < -0.4 is 10.9 Å². The van der Waals surface area contributed by atoms with Gasteiger partial charge in [-0.3, -0.25) is 14.2 Å². The number of carbonyl (C=O) groups is 1. The molecule has 1 N–H and O–H groups in total. The van der Waals surface area contributed by atoms with E-state index in [1.807, 2.05) is 0 Å². The Kier molecular flexibility index (Phi) is 6.45. The summed E-state index contributed by atoms with van der Waals surface area (Å²) in [6, 6.07) is 14.0. The minimum Gasteiger partial charge on any atom is -0.323 e. The monoisotopic (exact) mass is 491 g/mol. The van der Waals surface area contributed by atoms with E-state index in [-0.39, 0.29) is 22.2 Å². The van der Waals surface area contributed by atoms with E-state index in [0.29, 0.717) is 26.6 Å². The van der Waals surface area contributed by atoms with Gasteiger partial charge in [-0.1, -0.05) is 35.0 Å². The van der Waals surface area contributed by atoms with Crippen LogP contribution in [0.1, 0.15) is 0 Å². The average molecular weight is 492 g/mol. The number of nitrogens with one attached hydrogen (secondary N) is 1. The third-order valence-electron chi connectivity index (χ3n) is 4.42. The summed E-state index contributed by atoms with van der Waals surface area (Å²) < 4.78 is 28.5. The van der Waals surface area contributed by atoms with Crippen LogP contribution in [0.15, 0.2) is 70.6 Å². The van der Waals surface area contributed by atoms with Gasteiger partial charge in [0.25, 0.3) is 5.56 Å². The summed E-state index contributed by atoms with van der Waals surface area (Å²) >= 11 is 13.0. The van der Waals surface area contributed by atoms with Crippen LogP contribution in [0.2, 0.25) is 10.0 Å². The molecule has 1 heterocycles. The molecule has 4 rings (SSSR count).